The molecule has 0 aromatic heterocycles. The number of carbonyl (C=O) groups excluding carboxylic acids is 1. The number of hydrogen-bond donors (Lipinski definition) is 0. The second-order valence-electron chi connectivity index (χ2n) is 2.94. The Morgan fingerprint density at radius 2 is 1.94 bits per heavy atom. The zero-order chi connectivity index (χ0) is 11.9. The summed E-state index contributed by atoms with van der Waals surface area (Å²) in [5, 5.41) is -0.0492. The van der Waals surface area contributed by atoms with Crippen LogP contribution in [0.4, 0.5) is 8.78 Å². The van der Waals surface area contributed by atoms with E-state index < -0.39 is 12.3 Å². The van der Waals surface area contributed by atoms with Crippen LogP contribution in [-0.4, -0.2) is 19.4 Å². The summed E-state index contributed by atoms with van der Waals surface area (Å²) in [6.07, 6.45) is -3.74. The van der Waals surface area contributed by atoms with Crippen LogP contribution in [0.3, 0.4) is 0 Å². The average molecular weight is 251 g/mol. The van der Waals surface area contributed by atoms with E-state index in [2.05, 4.69) is 14.2 Å². The van der Waals surface area contributed by atoms with Gasteiger partial charge in [0.15, 0.2) is 11.5 Å². The van der Waals surface area contributed by atoms with Gasteiger partial charge >= 0.3 is 12.3 Å². The molecule has 1 aromatic carbocycles. The molecule has 1 aromatic rings. The van der Waals surface area contributed by atoms with Gasteiger partial charge in [0, 0.05) is 12.1 Å². The molecule has 7 heteroatoms. The van der Waals surface area contributed by atoms with Crippen LogP contribution in [0.15, 0.2) is 12.1 Å². The first-order valence-electron chi connectivity index (χ1n) is 4.10. The van der Waals surface area contributed by atoms with Crippen molar-refractivity contribution in [3.63, 3.8) is 0 Å². The lowest BCUT2D eigenvalue weighted by Crippen LogP contribution is -2.25. The van der Waals surface area contributed by atoms with Gasteiger partial charge in [-0.1, -0.05) is 11.6 Å². The van der Waals surface area contributed by atoms with Gasteiger partial charge in [-0.2, -0.15) is 0 Å². The zero-order valence-corrected chi connectivity index (χ0v) is 8.68. The largest absolute Gasteiger partial charge is 0.586 e. The summed E-state index contributed by atoms with van der Waals surface area (Å²) in [6, 6.07) is 2.12. The van der Waals surface area contributed by atoms with Crippen molar-refractivity contribution < 1.29 is 27.8 Å². The lowest BCUT2D eigenvalue weighted by atomic mass is 10.2. The highest BCUT2D eigenvalue weighted by Crippen LogP contribution is 2.43. The predicted molar refractivity (Wildman–Crippen MR) is 49.0 cm³/mol. The van der Waals surface area contributed by atoms with Gasteiger partial charge in [0.25, 0.3) is 0 Å². The van der Waals surface area contributed by atoms with Crippen LogP contribution >= 0.6 is 11.6 Å². The fraction of sp³-hybridized carbons (Fsp3) is 0.222. The van der Waals surface area contributed by atoms with E-state index in [9.17, 15) is 13.6 Å². The highest BCUT2D eigenvalue weighted by molar-refractivity contribution is 6.33. The number of ether oxygens (including phenoxy) is 3. The van der Waals surface area contributed by atoms with Crippen molar-refractivity contribution in [1.82, 2.24) is 0 Å². The summed E-state index contributed by atoms with van der Waals surface area (Å²) in [5.74, 6) is -1.22. The van der Waals surface area contributed by atoms with Crippen LogP contribution in [0, 0.1) is 0 Å². The van der Waals surface area contributed by atoms with Gasteiger partial charge in [-0.05, 0) is 0 Å². The highest BCUT2D eigenvalue weighted by Gasteiger charge is 2.44. The van der Waals surface area contributed by atoms with Crippen molar-refractivity contribution in [1.29, 1.82) is 0 Å². The molecule has 0 spiro atoms. The molecule has 0 atom stereocenters. The molecule has 1 aliphatic rings. The molecule has 1 aliphatic heterocycles. The van der Waals surface area contributed by atoms with E-state index >= 15 is 0 Å². The lowest BCUT2D eigenvalue weighted by Gasteiger charge is -2.04. The van der Waals surface area contributed by atoms with E-state index in [1.807, 2.05) is 0 Å². The van der Waals surface area contributed by atoms with E-state index in [0.29, 0.717) is 0 Å². The number of rotatable bonds is 1. The van der Waals surface area contributed by atoms with Gasteiger partial charge in [-0.25, -0.2) is 4.79 Å². The van der Waals surface area contributed by atoms with Crippen LogP contribution in [0.5, 0.6) is 11.5 Å². The van der Waals surface area contributed by atoms with E-state index in [-0.39, 0.29) is 22.1 Å². The minimum absolute atomic E-state index is 0.0492. The van der Waals surface area contributed by atoms with E-state index in [1.165, 1.54) is 0 Å². The third-order valence-corrected chi connectivity index (χ3v) is 2.21. The topological polar surface area (TPSA) is 44.8 Å². The van der Waals surface area contributed by atoms with Crippen LogP contribution in [0.1, 0.15) is 10.4 Å². The number of fused-ring (bicyclic) bond motifs is 1. The Labute approximate surface area is 93.7 Å². The molecule has 0 bridgehead atoms. The first-order chi connectivity index (χ1) is 7.43. The molecule has 16 heavy (non-hydrogen) atoms. The molecule has 86 valence electrons. The Hall–Kier alpha value is -1.56. The summed E-state index contributed by atoms with van der Waals surface area (Å²) < 4.78 is 38.1. The Morgan fingerprint density at radius 1 is 1.38 bits per heavy atom. The Bertz CT molecular complexity index is 461. The molecule has 0 saturated carbocycles. The van der Waals surface area contributed by atoms with Crippen molar-refractivity contribution >= 4 is 17.6 Å². The Morgan fingerprint density at radius 3 is 2.50 bits per heavy atom. The smallest absolute Gasteiger partial charge is 0.465 e. The molecule has 4 nitrogen and oxygen atoms in total. The Kier molecular flexibility index (Phi) is 2.38. The minimum Gasteiger partial charge on any atom is -0.465 e. The van der Waals surface area contributed by atoms with Crippen LogP contribution in [-0.2, 0) is 4.74 Å². The van der Waals surface area contributed by atoms with Crippen molar-refractivity contribution in [3.05, 3.63) is 22.7 Å². The second kappa shape index (κ2) is 3.48. The first-order valence-corrected chi connectivity index (χ1v) is 4.48. The monoisotopic (exact) mass is 250 g/mol. The summed E-state index contributed by atoms with van der Waals surface area (Å²) in [4.78, 5) is 11.2. The number of alkyl halides is 2. The average Bonchev–Trinajstić information content (AvgIpc) is 2.48. The van der Waals surface area contributed by atoms with Crippen molar-refractivity contribution in [2.45, 2.75) is 6.29 Å². The number of carbonyl (C=O) groups is 1. The number of hydrogen-bond acceptors (Lipinski definition) is 4. The quantitative estimate of drug-likeness (QED) is 0.718. The highest BCUT2D eigenvalue weighted by atomic mass is 35.5. The molecule has 0 radical (unpaired) electrons. The molecule has 0 saturated heterocycles. The molecular formula is C9H5ClF2O4. The SMILES string of the molecule is COC(=O)c1cc2c(cc1Cl)OC(F)(F)O2. The van der Waals surface area contributed by atoms with Gasteiger partial charge in [-0.3, -0.25) is 0 Å². The molecule has 0 fully saturated rings. The normalized spacial score (nSPS) is 16.0. The second-order valence-corrected chi connectivity index (χ2v) is 3.35. The molecular weight excluding hydrogens is 246 g/mol. The Balaban J connectivity index is 2.45. The van der Waals surface area contributed by atoms with Gasteiger partial charge in [-0.15, -0.1) is 8.78 Å². The summed E-state index contributed by atoms with van der Waals surface area (Å²) in [6.45, 7) is 0. The maximum absolute atomic E-state index is 12.7. The minimum atomic E-state index is -3.74. The van der Waals surface area contributed by atoms with Crippen LogP contribution < -0.4 is 9.47 Å². The zero-order valence-electron chi connectivity index (χ0n) is 7.92. The number of halogens is 3. The van der Waals surface area contributed by atoms with Crippen LogP contribution in [0.2, 0.25) is 5.02 Å². The number of methoxy groups -OCH3 is 1. The van der Waals surface area contributed by atoms with Crippen molar-refractivity contribution in [3.8, 4) is 11.5 Å². The lowest BCUT2D eigenvalue weighted by molar-refractivity contribution is -0.286. The fourth-order valence-corrected chi connectivity index (χ4v) is 1.47. The molecule has 0 N–H and O–H groups in total. The van der Waals surface area contributed by atoms with Gasteiger partial charge < -0.3 is 14.2 Å². The maximum Gasteiger partial charge on any atom is 0.586 e. The van der Waals surface area contributed by atoms with E-state index in [4.69, 9.17) is 11.6 Å². The number of esters is 1. The summed E-state index contributed by atoms with van der Waals surface area (Å²) >= 11 is 5.69. The van der Waals surface area contributed by atoms with Crippen LogP contribution in [0.25, 0.3) is 0 Å². The molecule has 0 aliphatic carbocycles. The molecule has 0 unspecified atom stereocenters. The van der Waals surface area contributed by atoms with Gasteiger partial charge in [0.05, 0.1) is 17.7 Å². The van der Waals surface area contributed by atoms with E-state index in [0.717, 1.165) is 19.2 Å². The summed E-state index contributed by atoms with van der Waals surface area (Å²) in [5.41, 5.74) is -0.0655. The predicted octanol–water partition coefficient (Wildman–Crippen LogP) is 2.45. The third-order valence-electron chi connectivity index (χ3n) is 1.90. The van der Waals surface area contributed by atoms with Crippen molar-refractivity contribution in [2.75, 3.05) is 7.11 Å². The van der Waals surface area contributed by atoms with E-state index in [1.54, 1.807) is 0 Å². The third kappa shape index (κ3) is 1.76. The molecule has 0 amide bonds. The van der Waals surface area contributed by atoms with Gasteiger partial charge in [0.1, 0.15) is 0 Å². The fourth-order valence-electron chi connectivity index (χ4n) is 1.24. The van der Waals surface area contributed by atoms with Gasteiger partial charge in [0.2, 0.25) is 0 Å². The molecule has 2 rings (SSSR count). The van der Waals surface area contributed by atoms with Crippen molar-refractivity contribution in [2.24, 2.45) is 0 Å². The standard InChI is InChI=1S/C9H5ClF2O4/c1-14-8(13)4-2-6-7(3-5(4)10)16-9(11,12)15-6/h2-3H,1H3. The maximum atomic E-state index is 12.7. The molecule has 1 heterocycles. The summed E-state index contributed by atoms with van der Waals surface area (Å²) in [7, 11) is 1.15. The first kappa shape index (κ1) is 10.9. The number of benzene rings is 1.